The standard InChI is InChI=1S/C18H19N3O3/c1-12-7-13(2)9-15(8-12)20-17(22)18(23)21-19-11-14-5-4-6-16(10-14)24-3/h4-11H,1-3H3,(H,20,22)(H,21,23)/b19-11-. The monoisotopic (exact) mass is 325 g/mol. The molecule has 2 N–H and O–H groups in total. The van der Waals surface area contributed by atoms with Gasteiger partial charge in [-0.25, -0.2) is 5.43 Å². The molecule has 124 valence electrons. The molecule has 0 atom stereocenters. The summed E-state index contributed by atoms with van der Waals surface area (Å²) < 4.78 is 5.09. The van der Waals surface area contributed by atoms with Crippen LogP contribution in [-0.2, 0) is 9.59 Å². The lowest BCUT2D eigenvalue weighted by atomic mass is 10.1. The minimum Gasteiger partial charge on any atom is -0.497 e. The van der Waals surface area contributed by atoms with Crippen LogP contribution in [0.15, 0.2) is 47.6 Å². The van der Waals surface area contributed by atoms with Gasteiger partial charge in [0, 0.05) is 5.69 Å². The number of carbonyl (C=O) groups is 2. The quantitative estimate of drug-likeness (QED) is 0.515. The van der Waals surface area contributed by atoms with Gasteiger partial charge in [-0.2, -0.15) is 5.10 Å². The number of aryl methyl sites for hydroxylation is 2. The first kappa shape index (κ1) is 17.2. The van der Waals surface area contributed by atoms with Crippen LogP contribution < -0.4 is 15.5 Å². The highest BCUT2D eigenvalue weighted by Gasteiger charge is 2.13. The van der Waals surface area contributed by atoms with E-state index in [1.54, 1.807) is 43.5 Å². The van der Waals surface area contributed by atoms with Crippen LogP contribution >= 0.6 is 0 Å². The zero-order valence-corrected chi connectivity index (χ0v) is 13.8. The highest BCUT2D eigenvalue weighted by molar-refractivity contribution is 6.39. The second-order valence-electron chi connectivity index (χ2n) is 5.31. The van der Waals surface area contributed by atoms with E-state index in [1.165, 1.54) is 6.21 Å². The van der Waals surface area contributed by atoms with Gasteiger partial charge in [-0.05, 0) is 54.8 Å². The van der Waals surface area contributed by atoms with Crippen LogP contribution in [0.2, 0.25) is 0 Å². The molecule has 0 bridgehead atoms. The number of hydrogen-bond acceptors (Lipinski definition) is 4. The predicted octanol–water partition coefficient (Wildman–Crippen LogP) is 2.40. The molecule has 0 fully saturated rings. The molecule has 0 spiro atoms. The minimum atomic E-state index is -0.840. The maximum Gasteiger partial charge on any atom is 0.329 e. The van der Waals surface area contributed by atoms with E-state index in [-0.39, 0.29) is 0 Å². The fraction of sp³-hybridized carbons (Fsp3) is 0.167. The molecule has 6 heteroatoms. The number of nitrogens with one attached hydrogen (secondary N) is 2. The summed E-state index contributed by atoms with van der Waals surface area (Å²) in [6.45, 7) is 3.84. The largest absolute Gasteiger partial charge is 0.497 e. The Bertz CT molecular complexity index is 765. The number of methoxy groups -OCH3 is 1. The molecule has 0 unspecified atom stereocenters. The summed E-state index contributed by atoms with van der Waals surface area (Å²) in [5.41, 5.74) is 5.51. The van der Waals surface area contributed by atoms with Crippen molar-refractivity contribution in [3.8, 4) is 5.75 Å². The lowest BCUT2D eigenvalue weighted by Gasteiger charge is -2.06. The molecule has 6 nitrogen and oxygen atoms in total. The maximum absolute atomic E-state index is 11.9. The summed E-state index contributed by atoms with van der Waals surface area (Å²) in [6, 6.07) is 12.7. The third-order valence-electron chi connectivity index (χ3n) is 3.16. The number of anilines is 1. The predicted molar refractivity (Wildman–Crippen MR) is 93.3 cm³/mol. The van der Waals surface area contributed by atoms with Gasteiger partial charge in [0.15, 0.2) is 0 Å². The van der Waals surface area contributed by atoms with Crippen molar-refractivity contribution in [2.24, 2.45) is 5.10 Å². The number of hydrogen-bond donors (Lipinski definition) is 2. The van der Waals surface area contributed by atoms with Gasteiger partial charge in [0.1, 0.15) is 5.75 Å². The van der Waals surface area contributed by atoms with Crippen molar-refractivity contribution in [2.45, 2.75) is 13.8 Å². The molecule has 0 radical (unpaired) electrons. The van der Waals surface area contributed by atoms with Gasteiger partial charge in [-0.1, -0.05) is 18.2 Å². The Morgan fingerprint density at radius 3 is 2.42 bits per heavy atom. The van der Waals surface area contributed by atoms with Crippen LogP contribution in [0.4, 0.5) is 5.69 Å². The Morgan fingerprint density at radius 1 is 1.04 bits per heavy atom. The molecule has 0 aliphatic carbocycles. The average molecular weight is 325 g/mol. The number of carbonyl (C=O) groups excluding carboxylic acids is 2. The lowest BCUT2D eigenvalue weighted by molar-refractivity contribution is -0.136. The summed E-state index contributed by atoms with van der Waals surface area (Å²) in [5, 5.41) is 6.32. The summed E-state index contributed by atoms with van der Waals surface area (Å²) in [5.74, 6) is -0.936. The first-order chi connectivity index (χ1) is 11.5. The number of amides is 2. The zero-order valence-electron chi connectivity index (χ0n) is 13.8. The van der Waals surface area contributed by atoms with Crippen molar-refractivity contribution in [1.82, 2.24) is 5.43 Å². The fourth-order valence-electron chi connectivity index (χ4n) is 2.17. The van der Waals surface area contributed by atoms with Gasteiger partial charge in [0.25, 0.3) is 0 Å². The molecule has 0 saturated heterocycles. The summed E-state index contributed by atoms with van der Waals surface area (Å²) in [4.78, 5) is 23.6. The molecule has 24 heavy (non-hydrogen) atoms. The van der Waals surface area contributed by atoms with E-state index in [4.69, 9.17) is 4.74 Å². The molecule has 2 rings (SSSR count). The Balaban J connectivity index is 1.93. The fourth-order valence-corrected chi connectivity index (χ4v) is 2.17. The summed E-state index contributed by atoms with van der Waals surface area (Å²) in [6.07, 6.45) is 1.44. The number of rotatable bonds is 4. The SMILES string of the molecule is COc1cccc(/C=N\NC(=O)C(=O)Nc2cc(C)cc(C)c2)c1. The number of nitrogens with zero attached hydrogens (tertiary/aromatic N) is 1. The van der Waals surface area contributed by atoms with Crippen LogP contribution in [0.5, 0.6) is 5.75 Å². The molecule has 0 aliphatic heterocycles. The Morgan fingerprint density at radius 2 is 1.75 bits per heavy atom. The third-order valence-corrected chi connectivity index (χ3v) is 3.16. The molecule has 0 aliphatic rings. The molecule has 0 aromatic heterocycles. The average Bonchev–Trinajstić information content (AvgIpc) is 2.54. The van der Waals surface area contributed by atoms with Gasteiger partial charge in [0.05, 0.1) is 13.3 Å². The zero-order chi connectivity index (χ0) is 17.5. The lowest BCUT2D eigenvalue weighted by Crippen LogP contribution is -2.32. The van der Waals surface area contributed by atoms with E-state index in [1.807, 2.05) is 19.9 Å². The van der Waals surface area contributed by atoms with Crippen LogP contribution in [0, 0.1) is 13.8 Å². The van der Waals surface area contributed by atoms with Crippen molar-refractivity contribution in [2.75, 3.05) is 12.4 Å². The van der Waals surface area contributed by atoms with Crippen molar-refractivity contribution in [3.05, 3.63) is 59.2 Å². The molecule has 0 saturated carbocycles. The topological polar surface area (TPSA) is 79.8 Å². The van der Waals surface area contributed by atoms with E-state index >= 15 is 0 Å². The van der Waals surface area contributed by atoms with E-state index in [9.17, 15) is 9.59 Å². The Kier molecular flexibility index (Phi) is 5.68. The van der Waals surface area contributed by atoms with Gasteiger partial charge >= 0.3 is 11.8 Å². The molecular formula is C18H19N3O3. The van der Waals surface area contributed by atoms with E-state index in [0.29, 0.717) is 11.4 Å². The van der Waals surface area contributed by atoms with E-state index in [2.05, 4.69) is 15.8 Å². The van der Waals surface area contributed by atoms with Gasteiger partial charge in [-0.15, -0.1) is 0 Å². The van der Waals surface area contributed by atoms with Crippen LogP contribution in [0.1, 0.15) is 16.7 Å². The second-order valence-corrected chi connectivity index (χ2v) is 5.31. The summed E-state index contributed by atoms with van der Waals surface area (Å²) >= 11 is 0. The first-order valence-electron chi connectivity index (χ1n) is 7.34. The second kappa shape index (κ2) is 7.92. The molecule has 2 aromatic carbocycles. The Hall–Kier alpha value is -3.15. The van der Waals surface area contributed by atoms with Crippen LogP contribution in [0.25, 0.3) is 0 Å². The van der Waals surface area contributed by atoms with E-state index in [0.717, 1.165) is 16.7 Å². The van der Waals surface area contributed by atoms with Crippen LogP contribution in [-0.4, -0.2) is 25.1 Å². The number of ether oxygens (including phenoxy) is 1. The van der Waals surface area contributed by atoms with Gasteiger partial charge < -0.3 is 10.1 Å². The summed E-state index contributed by atoms with van der Waals surface area (Å²) in [7, 11) is 1.56. The van der Waals surface area contributed by atoms with E-state index < -0.39 is 11.8 Å². The normalized spacial score (nSPS) is 10.5. The number of benzene rings is 2. The maximum atomic E-state index is 11.9. The molecule has 2 amide bonds. The Labute approximate surface area is 140 Å². The molecule has 0 heterocycles. The smallest absolute Gasteiger partial charge is 0.329 e. The number of hydrazone groups is 1. The third kappa shape index (κ3) is 4.95. The first-order valence-corrected chi connectivity index (χ1v) is 7.34. The minimum absolute atomic E-state index is 0.574. The highest BCUT2D eigenvalue weighted by Crippen LogP contribution is 2.13. The van der Waals surface area contributed by atoms with Crippen molar-refractivity contribution >= 4 is 23.7 Å². The van der Waals surface area contributed by atoms with Crippen LogP contribution in [0.3, 0.4) is 0 Å². The molecular weight excluding hydrogens is 306 g/mol. The molecule has 2 aromatic rings. The van der Waals surface area contributed by atoms with Gasteiger partial charge in [0.2, 0.25) is 0 Å². The van der Waals surface area contributed by atoms with Crippen molar-refractivity contribution < 1.29 is 14.3 Å². The van der Waals surface area contributed by atoms with Gasteiger partial charge in [-0.3, -0.25) is 9.59 Å². The van der Waals surface area contributed by atoms with Crippen molar-refractivity contribution in [1.29, 1.82) is 0 Å². The highest BCUT2D eigenvalue weighted by atomic mass is 16.5. The van der Waals surface area contributed by atoms with Crippen molar-refractivity contribution in [3.63, 3.8) is 0 Å².